The highest BCUT2D eigenvalue weighted by molar-refractivity contribution is 5.66. The quantitative estimate of drug-likeness (QED) is 0.843. The molecule has 84 valence electrons. The predicted octanol–water partition coefficient (Wildman–Crippen LogP) is 2.34. The molecule has 0 aliphatic carbocycles. The molecule has 2 rings (SSSR count). The Labute approximate surface area is 95.6 Å². The van der Waals surface area contributed by atoms with Crippen LogP contribution in [0.4, 0.5) is 0 Å². The third-order valence-electron chi connectivity index (χ3n) is 3.16. The Morgan fingerprint density at radius 1 is 1.50 bits per heavy atom. The maximum atomic E-state index is 9.40. The minimum absolute atomic E-state index is 0.0491. The van der Waals surface area contributed by atoms with Gasteiger partial charge in [-0.3, -0.25) is 9.98 Å². The van der Waals surface area contributed by atoms with Crippen LogP contribution in [0.15, 0.2) is 29.0 Å². The third kappa shape index (κ3) is 1.91. The first-order valence-corrected chi connectivity index (χ1v) is 5.50. The van der Waals surface area contributed by atoms with Crippen LogP contribution in [-0.2, 0) is 6.61 Å². The zero-order chi connectivity index (χ0) is 11.5. The number of rotatable bonds is 3. The Hall–Kier alpha value is -1.48. The molecule has 0 amide bonds. The van der Waals surface area contributed by atoms with Crippen LogP contribution in [0.25, 0.3) is 0 Å². The van der Waals surface area contributed by atoms with Gasteiger partial charge in [-0.25, -0.2) is 0 Å². The number of hydrogen-bond acceptors (Lipinski definition) is 3. The molecule has 3 nitrogen and oxygen atoms in total. The lowest BCUT2D eigenvalue weighted by molar-refractivity contribution is 0.279. The van der Waals surface area contributed by atoms with Crippen LogP contribution in [0.3, 0.4) is 0 Å². The van der Waals surface area contributed by atoms with Gasteiger partial charge in [0.15, 0.2) is 0 Å². The smallest absolute Gasteiger partial charge is 0.0702 e. The van der Waals surface area contributed by atoms with E-state index in [1.807, 2.05) is 25.4 Å². The second-order valence-corrected chi connectivity index (χ2v) is 4.08. The van der Waals surface area contributed by atoms with E-state index in [0.717, 1.165) is 23.2 Å². The molecule has 1 aromatic rings. The Kier molecular flexibility index (Phi) is 3.15. The molecule has 1 aliphatic rings. The van der Waals surface area contributed by atoms with Gasteiger partial charge in [0.25, 0.3) is 0 Å². The summed E-state index contributed by atoms with van der Waals surface area (Å²) in [7, 11) is 0. The fourth-order valence-electron chi connectivity index (χ4n) is 2.08. The van der Waals surface area contributed by atoms with Gasteiger partial charge in [0.2, 0.25) is 0 Å². The van der Waals surface area contributed by atoms with Crippen molar-refractivity contribution in [2.75, 3.05) is 0 Å². The van der Waals surface area contributed by atoms with Gasteiger partial charge >= 0.3 is 0 Å². The highest BCUT2D eigenvalue weighted by atomic mass is 16.3. The molecule has 0 fully saturated rings. The van der Waals surface area contributed by atoms with Crippen molar-refractivity contribution < 1.29 is 5.11 Å². The minimum Gasteiger partial charge on any atom is -0.392 e. The predicted molar refractivity (Wildman–Crippen MR) is 64.5 cm³/mol. The summed E-state index contributed by atoms with van der Waals surface area (Å²) in [5, 5.41) is 9.40. The van der Waals surface area contributed by atoms with E-state index in [0.29, 0.717) is 5.92 Å². The number of pyridine rings is 1. The van der Waals surface area contributed by atoms with Crippen molar-refractivity contribution in [2.24, 2.45) is 4.99 Å². The lowest BCUT2D eigenvalue weighted by Gasteiger charge is -2.17. The maximum absolute atomic E-state index is 9.40. The van der Waals surface area contributed by atoms with E-state index in [9.17, 15) is 5.11 Å². The van der Waals surface area contributed by atoms with E-state index < -0.39 is 0 Å². The second kappa shape index (κ2) is 4.58. The molecule has 2 heterocycles. The summed E-state index contributed by atoms with van der Waals surface area (Å²) in [4.78, 5) is 8.33. The van der Waals surface area contributed by atoms with Gasteiger partial charge in [0.1, 0.15) is 0 Å². The van der Waals surface area contributed by atoms with E-state index in [2.05, 4.69) is 16.9 Å². The first-order valence-electron chi connectivity index (χ1n) is 5.50. The summed E-state index contributed by atoms with van der Waals surface area (Å²) in [5.74, 6) is 0.298. The molecular weight excluding hydrogens is 200 g/mol. The molecule has 16 heavy (non-hydrogen) atoms. The van der Waals surface area contributed by atoms with Crippen molar-refractivity contribution in [3.8, 4) is 0 Å². The maximum Gasteiger partial charge on any atom is 0.0702 e. The normalized spacial score (nSPS) is 16.3. The molecule has 0 aromatic carbocycles. The number of aryl methyl sites for hydroxylation is 1. The summed E-state index contributed by atoms with van der Waals surface area (Å²) in [5.41, 5.74) is 4.31. The fraction of sp³-hybridized carbons (Fsp3) is 0.385. The molecule has 1 aliphatic heterocycles. The largest absolute Gasteiger partial charge is 0.392 e. The van der Waals surface area contributed by atoms with Crippen LogP contribution < -0.4 is 0 Å². The van der Waals surface area contributed by atoms with Crippen molar-refractivity contribution in [1.82, 2.24) is 4.98 Å². The summed E-state index contributed by atoms with van der Waals surface area (Å²) in [6.07, 6.45) is 6.55. The highest BCUT2D eigenvalue weighted by Gasteiger charge is 2.17. The zero-order valence-electron chi connectivity index (χ0n) is 9.64. The van der Waals surface area contributed by atoms with Gasteiger partial charge in [0, 0.05) is 42.2 Å². The lowest BCUT2D eigenvalue weighted by atomic mass is 9.89. The minimum atomic E-state index is 0.0491. The van der Waals surface area contributed by atoms with Crippen LogP contribution in [0.1, 0.15) is 36.1 Å². The van der Waals surface area contributed by atoms with Crippen molar-refractivity contribution in [2.45, 2.75) is 32.8 Å². The van der Waals surface area contributed by atoms with Gasteiger partial charge in [-0.2, -0.15) is 0 Å². The summed E-state index contributed by atoms with van der Waals surface area (Å²) < 4.78 is 0. The summed E-state index contributed by atoms with van der Waals surface area (Å²) >= 11 is 0. The zero-order valence-corrected chi connectivity index (χ0v) is 9.64. The van der Waals surface area contributed by atoms with E-state index in [1.54, 1.807) is 6.20 Å². The van der Waals surface area contributed by atoms with Crippen molar-refractivity contribution >= 4 is 6.21 Å². The number of aliphatic hydroxyl groups is 1. The number of aliphatic hydroxyl groups excluding tert-OH is 1. The van der Waals surface area contributed by atoms with Crippen LogP contribution in [0.2, 0.25) is 0 Å². The van der Waals surface area contributed by atoms with Crippen LogP contribution in [0, 0.1) is 6.92 Å². The van der Waals surface area contributed by atoms with Crippen molar-refractivity contribution in [3.05, 3.63) is 40.9 Å². The Bertz CT molecular complexity index is 449. The average Bonchev–Trinajstić information content (AvgIpc) is 2.81. The number of nitrogens with zero attached hydrogens (tertiary/aromatic N) is 2. The fourth-order valence-corrected chi connectivity index (χ4v) is 2.08. The standard InChI is InChI=1S/C13H16N2O/c1-9(11-3-5-14-7-11)12-4-6-15-10(2)13(12)8-16/h4-7,9,16H,3,8H2,1-2H3. The van der Waals surface area contributed by atoms with Gasteiger partial charge in [-0.05, 0) is 24.1 Å². The second-order valence-electron chi connectivity index (χ2n) is 4.08. The van der Waals surface area contributed by atoms with Gasteiger partial charge in [-0.1, -0.05) is 6.92 Å². The average molecular weight is 216 g/mol. The summed E-state index contributed by atoms with van der Waals surface area (Å²) in [6, 6.07) is 1.99. The molecule has 3 heteroatoms. The Balaban J connectivity index is 2.36. The molecule has 1 unspecified atom stereocenters. The first-order chi connectivity index (χ1) is 7.74. The lowest BCUT2D eigenvalue weighted by Crippen LogP contribution is -2.05. The molecule has 1 aromatic heterocycles. The van der Waals surface area contributed by atoms with Crippen LogP contribution in [-0.4, -0.2) is 16.3 Å². The number of aromatic nitrogens is 1. The van der Waals surface area contributed by atoms with Gasteiger partial charge in [-0.15, -0.1) is 0 Å². The van der Waals surface area contributed by atoms with Crippen LogP contribution in [0.5, 0.6) is 0 Å². The molecule has 1 N–H and O–H groups in total. The molecule has 0 radical (unpaired) electrons. The van der Waals surface area contributed by atoms with E-state index >= 15 is 0 Å². The molecule has 0 saturated heterocycles. The van der Waals surface area contributed by atoms with Gasteiger partial charge in [0.05, 0.1) is 6.61 Å². The SMILES string of the molecule is Cc1nccc(C(C)C2=CN=CC2)c1CO. The highest BCUT2D eigenvalue weighted by Crippen LogP contribution is 2.30. The Morgan fingerprint density at radius 3 is 2.94 bits per heavy atom. The topological polar surface area (TPSA) is 45.5 Å². The summed E-state index contributed by atoms with van der Waals surface area (Å²) in [6.45, 7) is 4.13. The molecular formula is C13H16N2O. The van der Waals surface area contributed by atoms with E-state index in [4.69, 9.17) is 0 Å². The molecule has 0 saturated carbocycles. The first kappa shape index (κ1) is 11.0. The number of aliphatic imine (C=N–C) groups is 1. The van der Waals surface area contributed by atoms with Gasteiger partial charge < -0.3 is 5.11 Å². The van der Waals surface area contributed by atoms with E-state index in [-0.39, 0.29) is 6.61 Å². The number of hydrogen-bond donors (Lipinski definition) is 1. The molecule has 0 bridgehead atoms. The Morgan fingerprint density at radius 2 is 2.31 bits per heavy atom. The van der Waals surface area contributed by atoms with Crippen LogP contribution >= 0.6 is 0 Å². The number of allylic oxidation sites excluding steroid dienone is 1. The third-order valence-corrected chi connectivity index (χ3v) is 3.16. The molecule has 0 spiro atoms. The molecule has 1 atom stereocenters. The van der Waals surface area contributed by atoms with Crippen molar-refractivity contribution in [1.29, 1.82) is 0 Å². The van der Waals surface area contributed by atoms with Crippen molar-refractivity contribution in [3.63, 3.8) is 0 Å². The van der Waals surface area contributed by atoms with E-state index in [1.165, 1.54) is 5.57 Å². The monoisotopic (exact) mass is 216 g/mol.